The molecular formula is C18H20F2N6O2S. The number of nitrogens with zero attached hydrogens (tertiary/aromatic N) is 5. The number of rotatable bonds is 8. The summed E-state index contributed by atoms with van der Waals surface area (Å²) in [5.41, 5.74) is 0.623. The molecule has 11 heteroatoms. The highest BCUT2D eigenvalue weighted by Crippen LogP contribution is 2.29. The summed E-state index contributed by atoms with van der Waals surface area (Å²) in [7, 11) is 1.77. The van der Waals surface area contributed by atoms with Gasteiger partial charge in [-0.2, -0.15) is 0 Å². The number of nitrogens with one attached hydrogen (secondary N) is 1. The minimum absolute atomic E-state index is 0.0185. The molecule has 1 N–H and O–H groups in total. The van der Waals surface area contributed by atoms with Gasteiger partial charge in [0.2, 0.25) is 11.8 Å². The maximum atomic E-state index is 13.7. The molecule has 3 rings (SSSR count). The summed E-state index contributed by atoms with van der Waals surface area (Å²) >= 11 is 1.14. The predicted octanol–water partition coefficient (Wildman–Crippen LogP) is 3.11. The van der Waals surface area contributed by atoms with Gasteiger partial charge in [-0.15, -0.1) is 15.3 Å². The largest absolute Gasteiger partial charge is 0.476 e. The summed E-state index contributed by atoms with van der Waals surface area (Å²) in [4.78, 5) is 12.1. The van der Waals surface area contributed by atoms with Crippen LogP contribution in [0.15, 0.2) is 29.6 Å². The first-order chi connectivity index (χ1) is 13.9. The topological polar surface area (TPSA) is 86.9 Å². The Morgan fingerprint density at radius 3 is 2.76 bits per heavy atom. The van der Waals surface area contributed by atoms with Crippen LogP contribution in [0, 0.1) is 11.6 Å². The number of anilines is 1. The number of aryl methyl sites for hydroxylation is 1. The number of ether oxygens (including phenoxy) is 1. The highest BCUT2D eigenvalue weighted by molar-refractivity contribution is 7.99. The normalized spacial score (nSPS) is 10.9. The van der Waals surface area contributed by atoms with Crippen LogP contribution < -0.4 is 10.1 Å². The van der Waals surface area contributed by atoms with Crippen LogP contribution in [0.5, 0.6) is 5.88 Å². The molecule has 0 atom stereocenters. The van der Waals surface area contributed by atoms with Crippen molar-refractivity contribution in [1.29, 1.82) is 0 Å². The number of benzene rings is 1. The van der Waals surface area contributed by atoms with Gasteiger partial charge in [-0.05, 0) is 26.0 Å². The molecule has 0 aliphatic rings. The average Bonchev–Trinajstić information content (AvgIpc) is 3.25. The Morgan fingerprint density at radius 1 is 1.28 bits per heavy atom. The summed E-state index contributed by atoms with van der Waals surface area (Å²) in [5.74, 6) is -0.986. The molecule has 8 nitrogen and oxygen atoms in total. The third-order valence-electron chi connectivity index (χ3n) is 3.95. The van der Waals surface area contributed by atoms with Gasteiger partial charge >= 0.3 is 0 Å². The fraction of sp³-hybridized carbons (Fsp3) is 0.333. The van der Waals surface area contributed by atoms with E-state index in [1.165, 1.54) is 6.07 Å². The second kappa shape index (κ2) is 9.03. The summed E-state index contributed by atoms with van der Waals surface area (Å²) in [6.45, 7) is 4.98. The molecule has 0 unspecified atom stereocenters. The molecule has 0 saturated carbocycles. The highest BCUT2D eigenvalue weighted by atomic mass is 32.2. The molecule has 29 heavy (non-hydrogen) atoms. The highest BCUT2D eigenvalue weighted by Gasteiger charge is 2.20. The average molecular weight is 422 g/mol. The zero-order valence-electron chi connectivity index (χ0n) is 16.1. The number of hydrogen-bond acceptors (Lipinski definition) is 6. The van der Waals surface area contributed by atoms with Gasteiger partial charge in [0.15, 0.2) is 11.0 Å². The van der Waals surface area contributed by atoms with Crippen molar-refractivity contribution in [3.8, 4) is 17.3 Å². The van der Waals surface area contributed by atoms with Gasteiger partial charge in [-0.25, -0.2) is 8.78 Å². The van der Waals surface area contributed by atoms with E-state index in [0.717, 1.165) is 17.8 Å². The van der Waals surface area contributed by atoms with Gasteiger partial charge in [0.05, 0.1) is 18.0 Å². The van der Waals surface area contributed by atoms with E-state index in [0.29, 0.717) is 41.6 Å². The van der Waals surface area contributed by atoms with Crippen molar-refractivity contribution in [3.05, 3.63) is 36.0 Å². The Kier molecular flexibility index (Phi) is 6.47. The molecule has 0 saturated heterocycles. The van der Waals surface area contributed by atoms with Crippen LogP contribution >= 0.6 is 11.8 Å². The zero-order chi connectivity index (χ0) is 21.0. The van der Waals surface area contributed by atoms with Gasteiger partial charge in [-0.1, -0.05) is 11.8 Å². The first-order valence-corrected chi connectivity index (χ1v) is 9.89. The molecule has 1 aromatic carbocycles. The summed E-state index contributed by atoms with van der Waals surface area (Å²) in [6.07, 6.45) is 1.83. The van der Waals surface area contributed by atoms with Crippen molar-refractivity contribution < 1.29 is 18.3 Å². The number of amides is 1. The third kappa shape index (κ3) is 4.73. The van der Waals surface area contributed by atoms with Crippen LogP contribution in [0.25, 0.3) is 11.4 Å². The Morgan fingerprint density at radius 2 is 2.07 bits per heavy atom. The molecule has 1 amide bonds. The van der Waals surface area contributed by atoms with Crippen molar-refractivity contribution >= 4 is 23.4 Å². The fourth-order valence-corrected chi connectivity index (χ4v) is 3.26. The minimum Gasteiger partial charge on any atom is -0.476 e. The number of carbonyl (C=O) groups excluding carboxylic acids is 1. The van der Waals surface area contributed by atoms with Gasteiger partial charge in [-0.3, -0.25) is 9.48 Å². The molecule has 2 aromatic heterocycles. The smallest absolute Gasteiger partial charge is 0.243 e. The van der Waals surface area contributed by atoms with Crippen LogP contribution in [-0.2, 0) is 18.4 Å². The lowest BCUT2D eigenvalue weighted by Crippen LogP contribution is -2.15. The molecular weight excluding hydrogens is 402 g/mol. The molecule has 0 fully saturated rings. The van der Waals surface area contributed by atoms with Crippen molar-refractivity contribution in [2.75, 3.05) is 17.7 Å². The Hall–Kier alpha value is -2.95. The standard InChI is InChI=1S/C18H20F2N6O2S/c1-4-26-9-12(17(24-26)28-5-2)16-22-23-18(25(16)3)29-10-15(27)21-14-7-6-11(19)8-13(14)20/h6-9H,4-5,10H2,1-3H3,(H,21,27). The molecule has 154 valence electrons. The maximum absolute atomic E-state index is 13.7. The monoisotopic (exact) mass is 422 g/mol. The summed E-state index contributed by atoms with van der Waals surface area (Å²) in [6, 6.07) is 2.96. The zero-order valence-corrected chi connectivity index (χ0v) is 17.0. The van der Waals surface area contributed by atoms with E-state index in [9.17, 15) is 13.6 Å². The van der Waals surface area contributed by atoms with E-state index in [-0.39, 0.29) is 11.4 Å². The molecule has 2 heterocycles. The Balaban J connectivity index is 1.70. The van der Waals surface area contributed by atoms with Crippen LogP contribution in [-0.4, -0.2) is 42.8 Å². The second-order valence-electron chi connectivity index (χ2n) is 5.96. The van der Waals surface area contributed by atoms with Crippen molar-refractivity contribution in [2.24, 2.45) is 7.05 Å². The molecule has 0 bridgehead atoms. The summed E-state index contributed by atoms with van der Waals surface area (Å²) < 4.78 is 35.7. The second-order valence-corrected chi connectivity index (χ2v) is 6.91. The Bertz CT molecular complexity index is 1020. The van der Waals surface area contributed by atoms with E-state index in [2.05, 4.69) is 20.6 Å². The number of aromatic nitrogens is 5. The lowest BCUT2D eigenvalue weighted by Gasteiger charge is -2.07. The van der Waals surface area contributed by atoms with Gasteiger partial charge in [0.25, 0.3) is 0 Å². The van der Waals surface area contributed by atoms with E-state index >= 15 is 0 Å². The van der Waals surface area contributed by atoms with Crippen LogP contribution in [0.4, 0.5) is 14.5 Å². The van der Waals surface area contributed by atoms with Gasteiger partial charge in [0.1, 0.15) is 17.2 Å². The predicted molar refractivity (Wildman–Crippen MR) is 105 cm³/mol. The minimum atomic E-state index is -0.833. The van der Waals surface area contributed by atoms with E-state index in [1.54, 1.807) is 16.3 Å². The first-order valence-electron chi connectivity index (χ1n) is 8.90. The van der Waals surface area contributed by atoms with Crippen molar-refractivity contribution in [3.63, 3.8) is 0 Å². The van der Waals surface area contributed by atoms with Crippen LogP contribution in [0.1, 0.15) is 13.8 Å². The molecule has 0 aliphatic heterocycles. The first kappa shape index (κ1) is 20.8. The van der Waals surface area contributed by atoms with E-state index < -0.39 is 17.5 Å². The number of carbonyl (C=O) groups is 1. The Labute approximate surface area is 170 Å². The lowest BCUT2D eigenvalue weighted by molar-refractivity contribution is -0.113. The SMILES string of the molecule is CCOc1nn(CC)cc1-c1nnc(SCC(=O)Nc2ccc(F)cc2F)n1C. The van der Waals surface area contributed by atoms with Crippen LogP contribution in [0.3, 0.4) is 0 Å². The number of halogens is 2. The van der Waals surface area contributed by atoms with Crippen molar-refractivity contribution in [2.45, 2.75) is 25.5 Å². The molecule has 0 spiro atoms. The molecule has 0 radical (unpaired) electrons. The van der Waals surface area contributed by atoms with Crippen LogP contribution in [0.2, 0.25) is 0 Å². The summed E-state index contributed by atoms with van der Waals surface area (Å²) in [5, 5.41) is 15.6. The fourth-order valence-electron chi connectivity index (χ4n) is 2.54. The quantitative estimate of drug-likeness (QED) is 0.562. The number of hydrogen-bond donors (Lipinski definition) is 1. The van der Waals surface area contributed by atoms with Crippen molar-refractivity contribution in [1.82, 2.24) is 24.5 Å². The van der Waals surface area contributed by atoms with Gasteiger partial charge < -0.3 is 14.6 Å². The number of thioether (sulfide) groups is 1. The molecule has 3 aromatic rings. The van der Waals surface area contributed by atoms with Gasteiger partial charge in [0, 0.05) is 25.9 Å². The lowest BCUT2D eigenvalue weighted by atomic mass is 10.3. The maximum Gasteiger partial charge on any atom is 0.243 e. The molecule has 0 aliphatic carbocycles. The third-order valence-corrected chi connectivity index (χ3v) is 4.97. The van der Waals surface area contributed by atoms with E-state index in [1.807, 2.05) is 20.0 Å². The van der Waals surface area contributed by atoms with E-state index in [4.69, 9.17) is 4.74 Å².